The SMILES string of the molecule is CC1(C)C2CCC1(C)C(OC(=O)[C@@H]1CCCN1C(=O)CCC(=O)[C@H](O)Cc1ccc(O)c(O)c1)C2. The number of benzene rings is 1. The Bertz CT molecular complexity index is 1010. The number of aromatic hydroxyl groups is 2. The fourth-order valence-corrected chi connectivity index (χ4v) is 6.41. The first kappa shape index (κ1) is 25.5. The van der Waals surface area contributed by atoms with E-state index in [9.17, 15) is 29.7 Å². The molecule has 0 radical (unpaired) electrons. The first-order chi connectivity index (χ1) is 16.4. The summed E-state index contributed by atoms with van der Waals surface area (Å²) in [6, 6.07) is 3.47. The molecule has 3 N–H and O–H groups in total. The normalized spacial score (nSPS) is 29.8. The minimum atomic E-state index is -1.33. The molecule has 1 aliphatic heterocycles. The third-order valence-electron chi connectivity index (χ3n) is 9.24. The molecule has 1 amide bonds. The van der Waals surface area contributed by atoms with Gasteiger partial charge in [0.1, 0.15) is 18.2 Å². The first-order valence-electron chi connectivity index (χ1n) is 12.7. The number of ether oxygens (including phenoxy) is 1. The quantitative estimate of drug-likeness (QED) is 0.380. The van der Waals surface area contributed by atoms with Crippen molar-refractivity contribution in [3.8, 4) is 11.5 Å². The Balaban J connectivity index is 1.29. The van der Waals surface area contributed by atoms with E-state index in [0.29, 0.717) is 30.9 Å². The predicted molar refractivity (Wildman–Crippen MR) is 128 cm³/mol. The third-order valence-corrected chi connectivity index (χ3v) is 9.24. The van der Waals surface area contributed by atoms with Crippen LogP contribution in [0.2, 0.25) is 0 Å². The lowest BCUT2D eigenvalue weighted by atomic mass is 9.70. The Morgan fingerprint density at radius 3 is 2.49 bits per heavy atom. The maximum Gasteiger partial charge on any atom is 0.329 e. The summed E-state index contributed by atoms with van der Waals surface area (Å²) >= 11 is 0. The lowest BCUT2D eigenvalue weighted by Crippen LogP contribution is -2.45. The van der Waals surface area contributed by atoms with Gasteiger partial charge < -0.3 is 25.0 Å². The van der Waals surface area contributed by atoms with Gasteiger partial charge in [0, 0.05) is 31.2 Å². The fraction of sp³-hybridized carbons (Fsp3) is 0.667. The average Bonchev–Trinajstić information content (AvgIpc) is 3.43. The second kappa shape index (κ2) is 9.45. The third kappa shape index (κ3) is 4.65. The summed E-state index contributed by atoms with van der Waals surface area (Å²) in [5, 5.41) is 29.2. The van der Waals surface area contributed by atoms with E-state index < -0.39 is 17.9 Å². The number of phenols is 2. The van der Waals surface area contributed by atoms with E-state index in [1.807, 2.05) is 0 Å². The molecule has 2 bridgehead atoms. The smallest absolute Gasteiger partial charge is 0.329 e. The van der Waals surface area contributed by atoms with Gasteiger partial charge in [-0.2, -0.15) is 0 Å². The van der Waals surface area contributed by atoms with Crippen LogP contribution < -0.4 is 0 Å². The standard InChI is InChI=1S/C27H37NO7/c1-26(2)17-10-11-27(26,3)23(15-17)35-25(34)18-5-4-12-28(18)24(33)9-8-20(30)22(32)14-16-6-7-19(29)21(31)13-16/h6-7,13,17-18,22-23,29,31-32H,4-5,8-12,14-15H2,1-3H3/t17?,18-,22+,23?,27?/m0/s1. The molecule has 0 aromatic heterocycles. The van der Waals surface area contributed by atoms with Crippen LogP contribution in [-0.4, -0.2) is 62.7 Å². The maximum atomic E-state index is 13.1. The number of aliphatic hydroxyl groups excluding tert-OH is 1. The van der Waals surface area contributed by atoms with E-state index in [-0.39, 0.29) is 59.6 Å². The number of aliphatic hydroxyl groups is 1. The van der Waals surface area contributed by atoms with Crippen molar-refractivity contribution < 1.29 is 34.4 Å². The summed E-state index contributed by atoms with van der Waals surface area (Å²) in [7, 11) is 0. The highest BCUT2D eigenvalue weighted by Crippen LogP contribution is 2.66. The number of fused-ring (bicyclic) bond motifs is 2. The second-order valence-electron chi connectivity index (χ2n) is 11.3. The van der Waals surface area contributed by atoms with Gasteiger partial charge in [-0.15, -0.1) is 0 Å². The van der Waals surface area contributed by atoms with Gasteiger partial charge in [0.15, 0.2) is 17.3 Å². The molecule has 2 saturated carbocycles. The molecule has 8 heteroatoms. The maximum absolute atomic E-state index is 13.1. The lowest BCUT2D eigenvalue weighted by molar-refractivity contribution is -0.164. The van der Waals surface area contributed by atoms with Crippen molar-refractivity contribution in [2.24, 2.45) is 16.7 Å². The summed E-state index contributed by atoms with van der Waals surface area (Å²) in [6.45, 7) is 7.20. The van der Waals surface area contributed by atoms with Crippen molar-refractivity contribution in [2.75, 3.05) is 6.54 Å². The molecule has 0 spiro atoms. The molecule has 1 saturated heterocycles. The van der Waals surface area contributed by atoms with Crippen molar-refractivity contribution >= 4 is 17.7 Å². The molecular formula is C27H37NO7. The molecule has 2 aliphatic carbocycles. The molecule has 5 atom stereocenters. The molecule has 4 rings (SSSR count). The van der Waals surface area contributed by atoms with Crippen LogP contribution in [0.25, 0.3) is 0 Å². The molecule has 1 aromatic carbocycles. The molecular weight excluding hydrogens is 450 g/mol. The van der Waals surface area contributed by atoms with E-state index in [2.05, 4.69) is 20.8 Å². The number of hydrogen-bond acceptors (Lipinski definition) is 7. The second-order valence-corrected chi connectivity index (χ2v) is 11.3. The Morgan fingerprint density at radius 2 is 1.86 bits per heavy atom. The summed E-state index contributed by atoms with van der Waals surface area (Å²) in [4.78, 5) is 39.9. The van der Waals surface area contributed by atoms with Crippen LogP contribution >= 0.6 is 0 Å². The zero-order valence-electron chi connectivity index (χ0n) is 20.8. The molecule has 3 aliphatic rings. The van der Waals surface area contributed by atoms with Crippen molar-refractivity contribution in [3.05, 3.63) is 23.8 Å². The Morgan fingerprint density at radius 1 is 1.11 bits per heavy atom. The predicted octanol–water partition coefficient (Wildman–Crippen LogP) is 3.10. The summed E-state index contributed by atoms with van der Waals surface area (Å²) in [5.41, 5.74) is 0.577. The number of hydrogen-bond donors (Lipinski definition) is 3. The fourth-order valence-electron chi connectivity index (χ4n) is 6.41. The Kier molecular flexibility index (Phi) is 6.88. The van der Waals surface area contributed by atoms with Gasteiger partial charge in [0.2, 0.25) is 5.91 Å². The lowest BCUT2D eigenvalue weighted by Gasteiger charge is -2.39. The number of amides is 1. The number of rotatable bonds is 8. The molecule has 1 aromatic rings. The molecule has 192 valence electrons. The topological polar surface area (TPSA) is 124 Å². The number of esters is 1. The highest BCUT2D eigenvalue weighted by atomic mass is 16.5. The van der Waals surface area contributed by atoms with Crippen LogP contribution in [0.4, 0.5) is 0 Å². The number of nitrogens with zero attached hydrogens (tertiary/aromatic N) is 1. The molecule has 35 heavy (non-hydrogen) atoms. The highest BCUT2D eigenvalue weighted by molar-refractivity contribution is 5.90. The summed E-state index contributed by atoms with van der Waals surface area (Å²) in [6.07, 6.45) is 2.65. The van der Waals surface area contributed by atoms with Gasteiger partial charge in [0.25, 0.3) is 0 Å². The number of ketones is 1. The van der Waals surface area contributed by atoms with Gasteiger partial charge >= 0.3 is 5.97 Å². The van der Waals surface area contributed by atoms with Crippen LogP contribution in [0.1, 0.15) is 71.3 Å². The summed E-state index contributed by atoms with van der Waals surface area (Å²) < 4.78 is 6.02. The molecule has 8 nitrogen and oxygen atoms in total. The Hall–Kier alpha value is -2.61. The average molecular weight is 488 g/mol. The van der Waals surface area contributed by atoms with E-state index in [0.717, 1.165) is 12.8 Å². The van der Waals surface area contributed by atoms with Crippen molar-refractivity contribution in [2.45, 2.75) is 90.4 Å². The molecule has 3 unspecified atom stereocenters. The van der Waals surface area contributed by atoms with Crippen LogP contribution in [0.3, 0.4) is 0 Å². The van der Waals surface area contributed by atoms with Gasteiger partial charge in [0.05, 0.1) is 0 Å². The molecule has 1 heterocycles. The zero-order valence-corrected chi connectivity index (χ0v) is 20.8. The van der Waals surface area contributed by atoms with Crippen LogP contribution in [0, 0.1) is 16.7 Å². The van der Waals surface area contributed by atoms with Crippen molar-refractivity contribution in [1.82, 2.24) is 4.90 Å². The zero-order chi connectivity index (χ0) is 25.5. The number of likely N-dealkylation sites (tertiary alicyclic amines) is 1. The van der Waals surface area contributed by atoms with Crippen LogP contribution in [0.5, 0.6) is 11.5 Å². The molecule has 3 fully saturated rings. The van der Waals surface area contributed by atoms with Gasteiger partial charge in [-0.05, 0) is 61.1 Å². The monoisotopic (exact) mass is 487 g/mol. The van der Waals surface area contributed by atoms with E-state index >= 15 is 0 Å². The Labute approximate surface area is 206 Å². The van der Waals surface area contributed by atoms with Gasteiger partial charge in [-0.3, -0.25) is 9.59 Å². The van der Waals surface area contributed by atoms with Crippen molar-refractivity contribution in [3.63, 3.8) is 0 Å². The highest BCUT2D eigenvalue weighted by Gasteiger charge is 2.63. The van der Waals surface area contributed by atoms with Gasteiger partial charge in [-0.25, -0.2) is 4.79 Å². The number of Topliss-reactive ketones (excluding diaryl/α,β-unsaturated/α-hetero) is 1. The number of carbonyl (C=O) groups is 3. The largest absolute Gasteiger partial charge is 0.504 e. The number of carbonyl (C=O) groups excluding carboxylic acids is 3. The minimum absolute atomic E-state index is 0.0307. The van der Waals surface area contributed by atoms with E-state index in [4.69, 9.17) is 4.74 Å². The number of phenolic OH excluding ortho intramolecular Hbond substituents is 2. The summed E-state index contributed by atoms with van der Waals surface area (Å²) in [5.74, 6) is -1.17. The van der Waals surface area contributed by atoms with Crippen LogP contribution in [-0.2, 0) is 25.5 Å². The minimum Gasteiger partial charge on any atom is -0.504 e. The van der Waals surface area contributed by atoms with Crippen LogP contribution in [0.15, 0.2) is 18.2 Å². The first-order valence-corrected chi connectivity index (χ1v) is 12.7. The van der Waals surface area contributed by atoms with E-state index in [1.54, 1.807) is 0 Å². The van der Waals surface area contributed by atoms with Gasteiger partial charge in [-0.1, -0.05) is 26.8 Å². The van der Waals surface area contributed by atoms with Crippen molar-refractivity contribution in [1.29, 1.82) is 0 Å². The van der Waals surface area contributed by atoms with E-state index in [1.165, 1.54) is 29.5 Å².